The van der Waals surface area contributed by atoms with Crippen molar-refractivity contribution in [3.8, 4) is 5.75 Å². The number of likely N-dealkylation sites (N-methyl/N-ethyl adjacent to an activating group) is 1. The first-order valence-electron chi connectivity index (χ1n) is 7.97. The van der Waals surface area contributed by atoms with Gasteiger partial charge in [-0.1, -0.05) is 24.3 Å². The molecule has 0 aliphatic rings. The van der Waals surface area contributed by atoms with Crippen LogP contribution in [-0.2, 0) is 17.9 Å². The van der Waals surface area contributed by atoms with E-state index in [0.29, 0.717) is 13.1 Å². The molecule has 0 aromatic heterocycles. The second-order valence-corrected chi connectivity index (χ2v) is 5.94. The minimum atomic E-state index is -0.248. The van der Waals surface area contributed by atoms with Gasteiger partial charge in [0.15, 0.2) is 6.04 Å². The highest BCUT2D eigenvalue weighted by Gasteiger charge is 2.21. The van der Waals surface area contributed by atoms with Gasteiger partial charge >= 0.3 is 0 Å². The molecule has 0 aliphatic heterocycles. The number of benzene rings is 2. The van der Waals surface area contributed by atoms with Gasteiger partial charge in [-0.3, -0.25) is 4.79 Å². The lowest BCUT2D eigenvalue weighted by Crippen LogP contribution is -3.12. The minimum Gasteiger partial charge on any atom is -0.497 e. The van der Waals surface area contributed by atoms with Crippen LogP contribution in [0, 0.1) is 5.82 Å². The molecule has 4 nitrogen and oxygen atoms in total. The van der Waals surface area contributed by atoms with Gasteiger partial charge in [0.1, 0.15) is 18.1 Å². The normalized spacial score (nSPS) is 13.2. The van der Waals surface area contributed by atoms with Crippen LogP contribution in [0.4, 0.5) is 4.39 Å². The zero-order valence-electron chi connectivity index (χ0n) is 14.3. The van der Waals surface area contributed by atoms with Crippen molar-refractivity contribution < 1.29 is 18.8 Å². The molecule has 128 valence electrons. The summed E-state index contributed by atoms with van der Waals surface area (Å²) in [7, 11) is 3.58. The molecule has 2 rings (SSSR count). The van der Waals surface area contributed by atoms with Crippen molar-refractivity contribution in [2.45, 2.75) is 26.1 Å². The van der Waals surface area contributed by atoms with Crippen LogP contribution in [0.5, 0.6) is 5.75 Å². The van der Waals surface area contributed by atoms with Gasteiger partial charge < -0.3 is 15.0 Å². The Kier molecular flexibility index (Phi) is 6.32. The van der Waals surface area contributed by atoms with Gasteiger partial charge in [-0.05, 0) is 36.8 Å². The van der Waals surface area contributed by atoms with Gasteiger partial charge in [-0.2, -0.15) is 0 Å². The molecule has 0 fully saturated rings. The summed E-state index contributed by atoms with van der Waals surface area (Å²) < 4.78 is 18.1. The van der Waals surface area contributed by atoms with E-state index in [2.05, 4.69) is 5.32 Å². The van der Waals surface area contributed by atoms with E-state index in [1.165, 1.54) is 12.1 Å². The van der Waals surface area contributed by atoms with Crippen LogP contribution in [0.25, 0.3) is 0 Å². The monoisotopic (exact) mass is 331 g/mol. The Morgan fingerprint density at radius 1 is 1.12 bits per heavy atom. The Balaban J connectivity index is 1.84. The molecule has 0 heterocycles. The van der Waals surface area contributed by atoms with Crippen molar-refractivity contribution in [1.82, 2.24) is 5.32 Å². The molecule has 0 radical (unpaired) electrons. The molecule has 5 heteroatoms. The third-order valence-corrected chi connectivity index (χ3v) is 4.15. The average molecular weight is 331 g/mol. The lowest BCUT2D eigenvalue weighted by atomic mass is 10.1. The fourth-order valence-corrected chi connectivity index (χ4v) is 2.39. The fourth-order valence-electron chi connectivity index (χ4n) is 2.39. The molecule has 0 saturated carbocycles. The Labute approximate surface area is 142 Å². The zero-order chi connectivity index (χ0) is 17.5. The van der Waals surface area contributed by atoms with E-state index >= 15 is 0 Å². The molecule has 1 amide bonds. The SMILES string of the molecule is COc1ccc(CNC(=O)[C@H](C)[NH+](C)Cc2ccc(F)cc2)cc1. The topological polar surface area (TPSA) is 42.8 Å². The summed E-state index contributed by atoms with van der Waals surface area (Å²) in [4.78, 5) is 13.4. The number of amides is 1. The average Bonchev–Trinajstić information content (AvgIpc) is 2.61. The van der Waals surface area contributed by atoms with Crippen LogP contribution >= 0.6 is 0 Å². The number of quaternary nitrogens is 1. The van der Waals surface area contributed by atoms with E-state index in [1.54, 1.807) is 19.2 Å². The molecule has 2 atom stereocenters. The molecule has 1 unspecified atom stereocenters. The van der Waals surface area contributed by atoms with Crippen molar-refractivity contribution in [1.29, 1.82) is 0 Å². The summed E-state index contributed by atoms with van der Waals surface area (Å²) in [6.45, 7) is 3.04. The van der Waals surface area contributed by atoms with Crippen molar-refractivity contribution in [2.75, 3.05) is 14.2 Å². The molecule has 24 heavy (non-hydrogen) atoms. The summed E-state index contributed by atoms with van der Waals surface area (Å²) in [6, 6.07) is 13.8. The van der Waals surface area contributed by atoms with Crippen LogP contribution in [0.15, 0.2) is 48.5 Å². The van der Waals surface area contributed by atoms with Crippen molar-refractivity contribution >= 4 is 5.91 Å². The first kappa shape index (κ1) is 17.9. The fraction of sp³-hybridized carbons (Fsp3) is 0.316. The van der Waals surface area contributed by atoms with Crippen LogP contribution in [0.3, 0.4) is 0 Å². The van der Waals surface area contributed by atoms with Gasteiger partial charge in [-0.25, -0.2) is 4.39 Å². The molecule has 0 saturated heterocycles. The van der Waals surface area contributed by atoms with Gasteiger partial charge in [-0.15, -0.1) is 0 Å². The first-order chi connectivity index (χ1) is 11.5. The van der Waals surface area contributed by atoms with E-state index in [0.717, 1.165) is 21.8 Å². The van der Waals surface area contributed by atoms with E-state index < -0.39 is 0 Å². The molecule has 0 bridgehead atoms. The predicted octanol–water partition coefficient (Wildman–Crippen LogP) is 1.55. The maximum absolute atomic E-state index is 12.9. The van der Waals surface area contributed by atoms with E-state index in [9.17, 15) is 9.18 Å². The maximum Gasteiger partial charge on any atom is 0.278 e. The number of hydrogen-bond acceptors (Lipinski definition) is 2. The Morgan fingerprint density at radius 2 is 1.71 bits per heavy atom. The second kappa shape index (κ2) is 8.45. The van der Waals surface area contributed by atoms with Crippen molar-refractivity contribution in [2.24, 2.45) is 0 Å². The van der Waals surface area contributed by atoms with Crippen molar-refractivity contribution in [3.05, 3.63) is 65.5 Å². The van der Waals surface area contributed by atoms with Crippen molar-refractivity contribution in [3.63, 3.8) is 0 Å². The summed E-state index contributed by atoms with van der Waals surface area (Å²) >= 11 is 0. The van der Waals surface area contributed by atoms with E-state index in [-0.39, 0.29) is 17.8 Å². The number of rotatable bonds is 7. The molecule has 0 aliphatic carbocycles. The third-order valence-electron chi connectivity index (χ3n) is 4.15. The molecule has 0 spiro atoms. The van der Waals surface area contributed by atoms with Crippen LogP contribution < -0.4 is 15.0 Å². The van der Waals surface area contributed by atoms with E-state index in [4.69, 9.17) is 4.74 Å². The Morgan fingerprint density at radius 3 is 2.29 bits per heavy atom. The quantitative estimate of drug-likeness (QED) is 0.808. The number of carbonyl (C=O) groups excluding carboxylic acids is 1. The van der Waals surface area contributed by atoms with Gasteiger partial charge in [0.2, 0.25) is 0 Å². The van der Waals surface area contributed by atoms with Crippen LogP contribution in [0.1, 0.15) is 18.1 Å². The smallest absolute Gasteiger partial charge is 0.278 e. The highest BCUT2D eigenvalue weighted by atomic mass is 19.1. The lowest BCUT2D eigenvalue weighted by Gasteiger charge is -2.21. The molecule has 2 aromatic carbocycles. The largest absolute Gasteiger partial charge is 0.497 e. The van der Waals surface area contributed by atoms with Crippen LogP contribution in [0.2, 0.25) is 0 Å². The molecule has 2 aromatic rings. The predicted molar refractivity (Wildman–Crippen MR) is 91.3 cm³/mol. The molecular weight excluding hydrogens is 307 g/mol. The van der Waals surface area contributed by atoms with Gasteiger partial charge in [0, 0.05) is 12.1 Å². The summed E-state index contributed by atoms with van der Waals surface area (Å²) in [5.74, 6) is 0.536. The molecule has 2 N–H and O–H groups in total. The standard InChI is InChI=1S/C19H23FN2O2/c1-14(22(2)13-16-4-8-17(20)9-5-16)19(23)21-12-15-6-10-18(24-3)11-7-15/h4-11,14H,12-13H2,1-3H3,(H,21,23)/p+1/t14-/m0/s1. The lowest BCUT2D eigenvalue weighted by molar-refractivity contribution is -0.908. The van der Waals surface area contributed by atoms with E-state index in [1.807, 2.05) is 38.2 Å². The maximum atomic E-state index is 12.9. The zero-order valence-corrected chi connectivity index (χ0v) is 14.3. The number of hydrogen-bond donors (Lipinski definition) is 2. The number of carbonyl (C=O) groups is 1. The second-order valence-electron chi connectivity index (χ2n) is 5.94. The van der Waals surface area contributed by atoms with Gasteiger partial charge in [0.05, 0.1) is 14.2 Å². The van der Waals surface area contributed by atoms with Crippen LogP contribution in [-0.4, -0.2) is 26.1 Å². The number of nitrogens with one attached hydrogen (secondary N) is 2. The highest BCUT2D eigenvalue weighted by molar-refractivity contribution is 5.79. The summed E-state index contributed by atoms with van der Waals surface area (Å²) in [5, 5.41) is 2.95. The molecular formula is C19H24FN2O2+. The number of methoxy groups -OCH3 is 1. The highest BCUT2D eigenvalue weighted by Crippen LogP contribution is 2.10. The minimum absolute atomic E-state index is 0.00886. The third kappa shape index (κ3) is 5.06. The Hall–Kier alpha value is -2.40. The number of halogens is 1. The van der Waals surface area contributed by atoms with Gasteiger partial charge in [0.25, 0.3) is 5.91 Å². The Bertz CT molecular complexity index is 656. The summed E-state index contributed by atoms with van der Waals surface area (Å²) in [6.07, 6.45) is 0. The summed E-state index contributed by atoms with van der Waals surface area (Å²) in [5.41, 5.74) is 2.02. The number of ether oxygens (including phenoxy) is 1. The first-order valence-corrected chi connectivity index (χ1v) is 7.97.